The number of aryl methyl sites for hydroxylation is 1. The second-order valence-corrected chi connectivity index (χ2v) is 2.50. The van der Waals surface area contributed by atoms with Crippen LogP contribution in [0.1, 0.15) is 18.9 Å². The molecule has 1 heterocycles. The zero-order chi connectivity index (χ0) is 6.69. The Kier molecular flexibility index (Phi) is 2.17. The molecule has 0 bridgehead atoms. The molecule has 0 spiro atoms. The number of hydrogen-bond acceptors (Lipinski definition) is 0. The molecule has 2 heteroatoms. The molecule has 0 N–H and O–H groups in total. The van der Waals surface area contributed by atoms with E-state index in [0.29, 0.717) is 0 Å². The zero-order valence-electron chi connectivity index (χ0n) is 5.47. The molecule has 0 fully saturated rings. The van der Waals surface area contributed by atoms with Crippen LogP contribution in [-0.4, -0.2) is 4.09 Å². The first kappa shape index (κ1) is 6.69. The Hall–Kier alpha value is -0.430. The molecule has 0 radical (unpaired) electrons. The van der Waals surface area contributed by atoms with Crippen molar-refractivity contribution in [1.82, 2.24) is 4.09 Å². The van der Waals surface area contributed by atoms with Crippen molar-refractivity contribution in [3.05, 3.63) is 24.0 Å². The van der Waals surface area contributed by atoms with Crippen molar-refractivity contribution in [2.24, 2.45) is 0 Å². The van der Waals surface area contributed by atoms with Crippen molar-refractivity contribution in [3.8, 4) is 0 Å². The van der Waals surface area contributed by atoms with Gasteiger partial charge in [-0.3, -0.25) is 4.09 Å². The zero-order valence-corrected chi connectivity index (χ0v) is 6.23. The van der Waals surface area contributed by atoms with Crippen molar-refractivity contribution >= 4 is 11.8 Å². The topological polar surface area (TPSA) is 4.93 Å². The molecular weight excluding hydrogens is 134 g/mol. The summed E-state index contributed by atoms with van der Waals surface area (Å²) in [6, 6.07) is 2.04. The number of aromatic nitrogens is 1. The molecular formula is C7H10ClN. The molecule has 1 aromatic heterocycles. The molecule has 0 aromatic carbocycles. The lowest BCUT2D eigenvalue weighted by atomic mass is 10.2. The Morgan fingerprint density at radius 2 is 2.44 bits per heavy atom. The van der Waals surface area contributed by atoms with Crippen molar-refractivity contribution in [3.63, 3.8) is 0 Å². The van der Waals surface area contributed by atoms with E-state index < -0.39 is 0 Å². The van der Waals surface area contributed by atoms with Gasteiger partial charge in [0, 0.05) is 24.2 Å². The number of rotatable bonds is 2. The van der Waals surface area contributed by atoms with Gasteiger partial charge in [-0.2, -0.15) is 0 Å². The lowest BCUT2D eigenvalue weighted by Crippen LogP contribution is -1.76. The third-order valence-corrected chi connectivity index (χ3v) is 1.47. The Labute approximate surface area is 60.4 Å². The minimum atomic E-state index is 1.12. The predicted molar refractivity (Wildman–Crippen MR) is 39.7 cm³/mol. The molecule has 1 nitrogen and oxygen atoms in total. The summed E-state index contributed by atoms with van der Waals surface area (Å²) in [4.78, 5) is 0. The molecule has 0 amide bonds. The molecule has 0 aliphatic heterocycles. The van der Waals surface area contributed by atoms with Gasteiger partial charge in [-0.05, 0) is 18.1 Å². The van der Waals surface area contributed by atoms with Crippen molar-refractivity contribution in [2.75, 3.05) is 0 Å². The van der Waals surface area contributed by atoms with Gasteiger partial charge >= 0.3 is 0 Å². The maximum absolute atomic E-state index is 5.61. The third kappa shape index (κ3) is 1.75. The van der Waals surface area contributed by atoms with Crippen LogP contribution in [0.2, 0.25) is 0 Å². The van der Waals surface area contributed by atoms with Crippen LogP contribution >= 0.6 is 11.8 Å². The van der Waals surface area contributed by atoms with Crippen LogP contribution in [0.5, 0.6) is 0 Å². The second kappa shape index (κ2) is 2.92. The molecule has 0 aliphatic rings. The maximum Gasteiger partial charge on any atom is 0.0245 e. The second-order valence-electron chi connectivity index (χ2n) is 2.11. The van der Waals surface area contributed by atoms with Crippen LogP contribution < -0.4 is 0 Å². The fourth-order valence-electron chi connectivity index (χ4n) is 0.848. The molecule has 50 valence electrons. The minimum absolute atomic E-state index is 1.12. The SMILES string of the molecule is CCCc1ccn(Cl)c1. The van der Waals surface area contributed by atoms with Crippen molar-refractivity contribution < 1.29 is 0 Å². The van der Waals surface area contributed by atoms with Crippen LogP contribution in [0.25, 0.3) is 0 Å². The summed E-state index contributed by atoms with van der Waals surface area (Å²) in [5.74, 6) is 0. The molecule has 1 rings (SSSR count). The van der Waals surface area contributed by atoms with Gasteiger partial charge in [0.1, 0.15) is 0 Å². The molecule has 0 atom stereocenters. The summed E-state index contributed by atoms with van der Waals surface area (Å²) in [5.41, 5.74) is 1.31. The normalized spacial score (nSPS) is 10.0. The van der Waals surface area contributed by atoms with Gasteiger partial charge in [-0.15, -0.1) is 0 Å². The standard InChI is InChI=1S/C7H10ClN/c1-2-3-7-4-5-9(8)6-7/h4-6H,2-3H2,1H3. The van der Waals surface area contributed by atoms with Gasteiger partial charge in [-0.1, -0.05) is 13.3 Å². The van der Waals surface area contributed by atoms with Crippen molar-refractivity contribution in [2.45, 2.75) is 19.8 Å². The van der Waals surface area contributed by atoms with Gasteiger partial charge < -0.3 is 0 Å². The monoisotopic (exact) mass is 143 g/mol. The first-order valence-electron chi connectivity index (χ1n) is 3.16. The number of halogens is 1. The highest BCUT2D eigenvalue weighted by Gasteiger charge is 1.90. The van der Waals surface area contributed by atoms with E-state index in [9.17, 15) is 0 Å². The quantitative estimate of drug-likeness (QED) is 0.600. The van der Waals surface area contributed by atoms with E-state index in [1.165, 1.54) is 12.0 Å². The molecule has 0 unspecified atom stereocenters. The lowest BCUT2D eigenvalue weighted by Gasteiger charge is -1.87. The Morgan fingerprint density at radius 3 is 2.89 bits per heavy atom. The van der Waals surface area contributed by atoms with Crippen LogP contribution in [0.3, 0.4) is 0 Å². The van der Waals surface area contributed by atoms with Gasteiger partial charge in [-0.25, -0.2) is 0 Å². The third-order valence-electron chi connectivity index (χ3n) is 1.26. The van der Waals surface area contributed by atoms with Gasteiger partial charge in [0.2, 0.25) is 0 Å². The fraction of sp³-hybridized carbons (Fsp3) is 0.429. The van der Waals surface area contributed by atoms with Crippen LogP contribution in [-0.2, 0) is 6.42 Å². The summed E-state index contributed by atoms with van der Waals surface area (Å²) in [6.45, 7) is 2.16. The highest BCUT2D eigenvalue weighted by molar-refractivity contribution is 6.15. The van der Waals surface area contributed by atoms with E-state index in [4.69, 9.17) is 11.8 Å². The van der Waals surface area contributed by atoms with Gasteiger partial charge in [0.25, 0.3) is 0 Å². The van der Waals surface area contributed by atoms with E-state index in [0.717, 1.165) is 6.42 Å². The summed E-state index contributed by atoms with van der Waals surface area (Å²) >= 11 is 5.61. The average molecular weight is 144 g/mol. The first-order chi connectivity index (χ1) is 4.33. The van der Waals surface area contributed by atoms with Crippen LogP contribution in [0.4, 0.5) is 0 Å². The number of nitrogens with zero attached hydrogens (tertiary/aromatic N) is 1. The smallest absolute Gasteiger partial charge is 0.0245 e. The van der Waals surface area contributed by atoms with E-state index >= 15 is 0 Å². The number of hydrogen-bond donors (Lipinski definition) is 0. The van der Waals surface area contributed by atoms with Gasteiger partial charge in [0.15, 0.2) is 0 Å². The van der Waals surface area contributed by atoms with E-state index in [-0.39, 0.29) is 0 Å². The average Bonchev–Trinajstić information content (AvgIpc) is 2.17. The maximum atomic E-state index is 5.61. The van der Waals surface area contributed by atoms with Crippen LogP contribution in [0.15, 0.2) is 18.5 Å². The summed E-state index contributed by atoms with van der Waals surface area (Å²) < 4.78 is 1.56. The summed E-state index contributed by atoms with van der Waals surface area (Å²) in [6.07, 6.45) is 6.10. The van der Waals surface area contributed by atoms with E-state index in [1.54, 1.807) is 4.09 Å². The van der Waals surface area contributed by atoms with Crippen molar-refractivity contribution in [1.29, 1.82) is 0 Å². The Bertz CT molecular complexity index is 181. The fourth-order valence-corrected chi connectivity index (χ4v) is 1.03. The Morgan fingerprint density at radius 1 is 1.67 bits per heavy atom. The van der Waals surface area contributed by atoms with E-state index in [2.05, 4.69) is 6.92 Å². The largest absolute Gasteiger partial charge is 0.268 e. The minimum Gasteiger partial charge on any atom is -0.268 e. The molecule has 0 saturated carbocycles. The van der Waals surface area contributed by atoms with E-state index in [1.807, 2.05) is 18.5 Å². The molecule has 1 aromatic rings. The summed E-state index contributed by atoms with van der Waals surface area (Å²) in [5, 5.41) is 0. The highest BCUT2D eigenvalue weighted by Crippen LogP contribution is 2.04. The molecule has 0 aliphatic carbocycles. The summed E-state index contributed by atoms with van der Waals surface area (Å²) in [7, 11) is 0. The first-order valence-corrected chi connectivity index (χ1v) is 3.49. The Balaban J connectivity index is 2.61. The lowest BCUT2D eigenvalue weighted by molar-refractivity contribution is 0.922. The van der Waals surface area contributed by atoms with Gasteiger partial charge in [0.05, 0.1) is 0 Å². The highest BCUT2D eigenvalue weighted by atomic mass is 35.5. The molecule has 9 heavy (non-hydrogen) atoms. The van der Waals surface area contributed by atoms with Crippen LogP contribution in [0, 0.1) is 0 Å². The molecule has 0 saturated heterocycles. The predicted octanol–water partition coefficient (Wildman–Crippen LogP) is 2.44.